The van der Waals surface area contributed by atoms with Crippen LogP contribution >= 0.6 is 0 Å². The van der Waals surface area contributed by atoms with E-state index in [1.54, 1.807) is 36.4 Å². The molecule has 29 heavy (non-hydrogen) atoms. The van der Waals surface area contributed by atoms with Crippen molar-refractivity contribution in [3.63, 3.8) is 0 Å². The van der Waals surface area contributed by atoms with Gasteiger partial charge < -0.3 is 10.5 Å². The van der Waals surface area contributed by atoms with Gasteiger partial charge in [-0.3, -0.25) is 0 Å². The number of anilines is 1. The molecule has 2 N–H and O–H groups in total. The van der Waals surface area contributed by atoms with Crippen molar-refractivity contribution in [1.29, 1.82) is 5.26 Å². The number of allylic oxidation sites excluding steroid dienone is 1. The number of hydrogen-bond donors (Lipinski definition) is 1. The Morgan fingerprint density at radius 2 is 1.41 bits per heavy atom. The fraction of sp³-hybridized carbons (Fsp3) is 0.0400. The van der Waals surface area contributed by atoms with Gasteiger partial charge in [-0.15, -0.1) is 0 Å². The molecule has 0 atom stereocenters. The normalized spacial score (nSPS) is 10.2. The second kappa shape index (κ2) is 12.3. The minimum Gasteiger partial charge on any atom is -0.458 e. The molecule has 0 amide bonds. The summed E-state index contributed by atoms with van der Waals surface area (Å²) in [5, 5.41) is 8.19. The summed E-state index contributed by atoms with van der Waals surface area (Å²) in [7, 11) is 0. The van der Waals surface area contributed by atoms with Gasteiger partial charge in [0.15, 0.2) is 0 Å². The van der Waals surface area contributed by atoms with Crippen molar-refractivity contribution in [2.24, 2.45) is 0 Å². The van der Waals surface area contributed by atoms with E-state index in [0.29, 0.717) is 11.3 Å². The molecule has 0 saturated heterocycles. The summed E-state index contributed by atoms with van der Waals surface area (Å²) in [5.74, 6) is -0.407. The third-order valence-corrected chi connectivity index (χ3v) is 3.75. The number of ether oxygens (including phenoxy) is 1. The maximum atomic E-state index is 11.7. The van der Waals surface area contributed by atoms with E-state index in [1.807, 2.05) is 72.8 Å². The molecule has 0 aromatic heterocycles. The number of hydrogen-bond acceptors (Lipinski definition) is 4. The molecule has 4 heteroatoms. The summed E-state index contributed by atoms with van der Waals surface area (Å²) in [4.78, 5) is 11.7. The molecule has 0 aliphatic carbocycles. The molecule has 0 aliphatic rings. The third-order valence-electron chi connectivity index (χ3n) is 3.75. The highest BCUT2D eigenvalue weighted by atomic mass is 16.5. The summed E-state index contributed by atoms with van der Waals surface area (Å²) >= 11 is 0. The first-order valence-corrected chi connectivity index (χ1v) is 9.05. The molecule has 0 radical (unpaired) electrons. The van der Waals surface area contributed by atoms with E-state index >= 15 is 0 Å². The zero-order valence-corrected chi connectivity index (χ0v) is 15.9. The van der Waals surface area contributed by atoms with E-state index in [1.165, 1.54) is 6.08 Å². The Bertz CT molecular complexity index is 988. The van der Waals surface area contributed by atoms with Gasteiger partial charge in [-0.2, -0.15) is 5.26 Å². The fourth-order valence-electron chi connectivity index (χ4n) is 2.33. The van der Waals surface area contributed by atoms with Gasteiger partial charge in [-0.05, 0) is 35.4 Å². The number of carbonyl (C=O) groups is 1. The van der Waals surface area contributed by atoms with Crippen molar-refractivity contribution in [2.75, 3.05) is 12.3 Å². The summed E-state index contributed by atoms with van der Waals surface area (Å²) in [6.07, 6.45) is 6.95. The van der Waals surface area contributed by atoms with Crippen LogP contribution in [0.1, 0.15) is 21.5 Å². The maximum Gasteiger partial charge on any atom is 0.340 e. The molecule has 0 bridgehead atoms. The molecule has 3 aromatic rings. The van der Waals surface area contributed by atoms with Crippen LogP contribution in [0.2, 0.25) is 0 Å². The average Bonchev–Trinajstić information content (AvgIpc) is 2.77. The number of nitriles is 1. The number of esters is 1. The van der Waals surface area contributed by atoms with Gasteiger partial charge in [0.2, 0.25) is 0 Å². The lowest BCUT2D eigenvalue weighted by molar-refractivity contribution is 0.0551. The van der Waals surface area contributed by atoms with Crippen molar-refractivity contribution in [1.82, 2.24) is 0 Å². The molecule has 3 aromatic carbocycles. The van der Waals surface area contributed by atoms with Gasteiger partial charge in [0.25, 0.3) is 0 Å². The van der Waals surface area contributed by atoms with Crippen molar-refractivity contribution in [3.8, 4) is 6.07 Å². The molecule has 144 valence electrons. The smallest absolute Gasteiger partial charge is 0.340 e. The molecule has 0 spiro atoms. The second-order valence-electron chi connectivity index (χ2n) is 5.87. The highest BCUT2D eigenvalue weighted by Crippen LogP contribution is 2.11. The zero-order valence-electron chi connectivity index (χ0n) is 15.9. The summed E-state index contributed by atoms with van der Waals surface area (Å²) < 4.78 is 5.12. The van der Waals surface area contributed by atoms with Crippen LogP contribution in [-0.2, 0) is 4.74 Å². The van der Waals surface area contributed by atoms with Crippen LogP contribution in [-0.4, -0.2) is 12.6 Å². The summed E-state index contributed by atoms with van der Waals surface area (Å²) in [5.41, 5.74) is 8.65. The Balaban J connectivity index is 0.000000253. The number of nitrogens with two attached hydrogens (primary N) is 1. The van der Waals surface area contributed by atoms with Crippen molar-refractivity contribution >= 4 is 23.8 Å². The molecule has 3 rings (SSSR count). The lowest BCUT2D eigenvalue weighted by Gasteiger charge is -2.04. The van der Waals surface area contributed by atoms with Gasteiger partial charge in [0.1, 0.15) is 6.61 Å². The lowest BCUT2D eigenvalue weighted by Crippen LogP contribution is -2.07. The van der Waals surface area contributed by atoms with Crippen LogP contribution in [0, 0.1) is 11.3 Å². The highest BCUT2D eigenvalue weighted by Gasteiger charge is 2.08. The molecule has 0 unspecified atom stereocenters. The molecule has 0 heterocycles. The van der Waals surface area contributed by atoms with Crippen LogP contribution in [0.15, 0.2) is 97.1 Å². The van der Waals surface area contributed by atoms with E-state index in [-0.39, 0.29) is 6.61 Å². The molecule has 0 fully saturated rings. The van der Waals surface area contributed by atoms with Gasteiger partial charge in [-0.1, -0.05) is 78.9 Å². The lowest BCUT2D eigenvalue weighted by atomic mass is 10.2. The van der Waals surface area contributed by atoms with Gasteiger partial charge in [0, 0.05) is 11.8 Å². The third kappa shape index (κ3) is 7.98. The van der Waals surface area contributed by atoms with Crippen molar-refractivity contribution in [3.05, 3.63) is 114 Å². The minimum atomic E-state index is -0.407. The van der Waals surface area contributed by atoms with Crippen molar-refractivity contribution < 1.29 is 9.53 Å². The fourth-order valence-corrected chi connectivity index (χ4v) is 2.33. The van der Waals surface area contributed by atoms with Crippen molar-refractivity contribution in [2.45, 2.75) is 0 Å². The van der Waals surface area contributed by atoms with Crippen LogP contribution in [0.25, 0.3) is 12.2 Å². The van der Waals surface area contributed by atoms with E-state index in [0.717, 1.165) is 11.1 Å². The predicted octanol–water partition coefficient (Wildman–Crippen LogP) is 5.36. The summed E-state index contributed by atoms with van der Waals surface area (Å²) in [6.45, 7) is 0.224. The number of carbonyl (C=O) groups excluding carboxylic acids is 1. The minimum absolute atomic E-state index is 0.224. The molecular weight excluding hydrogens is 360 g/mol. The van der Waals surface area contributed by atoms with Gasteiger partial charge in [-0.25, -0.2) is 4.79 Å². The number of nitrogens with zero attached hydrogens (tertiary/aromatic N) is 1. The van der Waals surface area contributed by atoms with Gasteiger partial charge >= 0.3 is 5.97 Å². The predicted molar refractivity (Wildman–Crippen MR) is 118 cm³/mol. The van der Waals surface area contributed by atoms with E-state index in [4.69, 9.17) is 15.7 Å². The van der Waals surface area contributed by atoms with Gasteiger partial charge in [0.05, 0.1) is 11.6 Å². The quantitative estimate of drug-likeness (QED) is 0.366. The first-order chi connectivity index (χ1) is 14.2. The first-order valence-electron chi connectivity index (χ1n) is 9.05. The Morgan fingerprint density at radius 3 is 2.00 bits per heavy atom. The molecule has 0 saturated carbocycles. The van der Waals surface area contributed by atoms with E-state index in [2.05, 4.69) is 0 Å². The Kier molecular flexibility index (Phi) is 9.01. The van der Waals surface area contributed by atoms with Crippen LogP contribution in [0.3, 0.4) is 0 Å². The van der Waals surface area contributed by atoms with Crippen LogP contribution in [0.5, 0.6) is 0 Å². The monoisotopic (exact) mass is 382 g/mol. The van der Waals surface area contributed by atoms with Crippen LogP contribution in [0.4, 0.5) is 5.69 Å². The molecule has 4 nitrogen and oxygen atoms in total. The topological polar surface area (TPSA) is 76.1 Å². The summed E-state index contributed by atoms with van der Waals surface area (Å²) in [6, 6.07) is 28.4. The average molecular weight is 382 g/mol. The second-order valence-corrected chi connectivity index (χ2v) is 5.87. The number of para-hydroxylation sites is 1. The number of nitrogen functional groups attached to an aromatic ring is 1. The van der Waals surface area contributed by atoms with Crippen LogP contribution < -0.4 is 5.73 Å². The molecule has 0 aliphatic heterocycles. The maximum absolute atomic E-state index is 11.7. The Labute approximate surface area is 171 Å². The Hall–Kier alpha value is -4.10. The number of benzene rings is 3. The SMILES string of the molecule is N#C/C=C/c1ccccc1.Nc1ccccc1C(=O)OC/C=C/c1ccccc1. The standard InChI is InChI=1S/C16H15NO2.C9H7N/c17-15-11-5-4-10-14(15)16(18)19-12-6-9-13-7-2-1-3-8-13;10-8-4-7-9-5-2-1-3-6-9/h1-11H,12,17H2;1-7H/b9-6+;7-4+. The first kappa shape index (κ1) is 21.2. The highest BCUT2D eigenvalue weighted by molar-refractivity contribution is 5.95. The Morgan fingerprint density at radius 1 is 0.862 bits per heavy atom. The van der Waals surface area contributed by atoms with E-state index < -0.39 is 5.97 Å². The zero-order chi connectivity index (χ0) is 20.7. The number of rotatable bonds is 5. The molecular formula is C25H22N2O2. The van der Waals surface area contributed by atoms with E-state index in [9.17, 15) is 4.79 Å². The largest absolute Gasteiger partial charge is 0.458 e.